The Morgan fingerprint density at radius 1 is 1.09 bits per heavy atom. The lowest BCUT2D eigenvalue weighted by molar-refractivity contribution is 0.0952. The Hall–Kier alpha value is -3.94. The van der Waals surface area contributed by atoms with E-state index in [1.54, 1.807) is 23.2 Å². The number of imidazole rings is 1. The summed E-state index contributed by atoms with van der Waals surface area (Å²) < 4.78 is 17.1. The van der Waals surface area contributed by atoms with E-state index in [2.05, 4.69) is 15.3 Å². The van der Waals surface area contributed by atoms with Gasteiger partial charge in [0.2, 0.25) is 5.78 Å². The monoisotopic (exact) mass is 453 g/mol. The molecule has 34 heavy (non-hydrogen) atoms. The molecule has 0 amide bonds. The first-order valence-corrected chi connectivity index (χ1v) is 11.1. The van der Waals surface area contributed by atoms with Gasteiger partial charge >= 0.3 is 0 Å². The van der Waals surface area contributed by atoms with Crippen LogP contribution in [0.15, 0.2) is 78.0 Å². The fraction of sp³-hybridized carbons (Fsp3) is 0.148. The first-order chi connectivity index (χ1) is 16.6. The molecule has 4 aromatic rings. The van der Waals surface area contributed by atoms with Crippen molar-refractivity contribution in [3.8, 4) is 16.8 Å². The van der Waals surface area contributed by atoms with Gasteiger partial charge in [0.25, 0.3) is 0 Å². The number of aromatic nitrogens is 2. The summed E-state index contributed by atoms with van der Waals surface area (Å²) in [4.78, 5) is 22.2. The minimum atomic E-state index is -0.970. The van der Waals surface area contributed by atoms with Crippen LogP contribution >= 0.6 is 0 Å². The lowest BCUT2D eigenvalue weighted by Crippen LogP contribution is -2.21. The summed E-state index contributed by atoms with van der Waals surface area (Å²) in [5.74, 6) is -0.762. The van der Waals surface area contributed by atoms with Crippen molar-refractivity contribution >= 4 is 12.0 Å². The summed E-state index contributed by atoms with van der Waals surface area (Å²) in [5, 5.41) is 3.14. The van der Waals surface area contributed by atoms with E-state index in [0.29, 0.717) is 24.5 Å². The normalized spacial score (nSPS) is 14.9. The summed E-state index contributed by atoms with van der Waals surface area (Å²) in [6, 6.07) is 19.5. The van der Waals surface area contributed by atoms with E-state index >= 15 is 4.39 Å². The average Bonchev–Trinajstić information content (AvgIpc) is 3.30. The highest BCUT2D eigenvalue weighted by atomic mass is 19.1. The second kappa shape index (κ2) is 9.13. The molecule has 1 aromatic heterocycles. The van der Waals surface area contributed by atoms with Crippen molar-refractivity contribution in [3.05, 3.63) is 107 Å². The molecule has 0 aliphatic carbocycles. The van der Waals surface area contributed by atoms with Gasteiger partial charge in [-0.1, -0.05) is 48.5 Å². The summed E-state index contributed by atoms with van der Waals surface area (Å²) in [5.41, 5.74) is 11.3. The highest BCUT2D eigenvalue weighted by molar-refractivity contribution is 6.08. The van der Waals surface area contributed by atoms with E-state index in [-0.39, 0.29) is 11.3 Å². The van der Waals surface area contributed by atoms with Gasteiger partial charge in [-0.15, -0.1) is 0 Å². The predicted octanol–water partition coefficient (Wildman–Crippen LogP) is 4.21. The van der Waals surface area contributed by atoms with Crippen LogP contribution in [0.5, 0.6) is 0 Å². The number of carbonyl (C=O) groups excluding carboxylic acids is 1. The van der Waals surface area contributed by atoms with E-state index in [9.17, 15) is 4.79 Å². The standard InChI is InChI=1S/C27H24FN5O/c1-30-14-19-6-2-3-8-21(19)18-9-10-22(23(28)12-18)25-27(34)26-24(15-31-25)32-16-33(26)20-7-4-5-17(11-20)13-29/h2-12,15-16,25,30H,13-14,29H2,1H3. The second-order valence-corrected chi connectivity index (χ2v) is 8.19. The molecule has 0 bridgehead atoms. The number of Topliss-reactive ketones (excluding diaryl/α,β-unsaturated/α-hetero) is 1. The number of hydrogen-bond donors (Lipinski definition) is 2. The first kappa shape index (κ1) is 21.9. The number of fused-ring (bicyclic) bond motifs is 1. The highest BCUT2D eigenvalue weighted by Gasteiger charge is 2.32. The third-order valence-corrected chi connectivity index (χ3v) is 6.04. The maximum Gasteiger partial charge on any atom is 0.210 e. The molecule has 0 saturated carbocycles. The third kappa shape index (κ3) is 3.85. The number of rotatable bonds is 6. The van der Waals surface area contributed by atoms with E-state index in [1.807, 2.05) is 61.6 Å². The molecule has 0 spiro atoms. The SMILES string of the molecule is CNCc1ccccc1-c1ccc(C2N=Cc3ncn(-c4cccc(CN)c4)c3C2=O)c(F)c1. The lowest BCUT2D eigenvalue weighted by atomic mass is 9.93. The number of aliphatic imine (C=N–C) groups is 1. The number of benzene rings is 3. The van der Waals surface area contributed by atoms with Crippen molar-refractivity contribution in [2.75, 3.05) is 7.05 Å². The van der Waals surface area contributed by atoms with E-state index in [4.69, 9.17) is 5.73 Å². The second-order valence-electron chi connectivity index (χ2n) is 8.19. The van der Waals surface area contributed by atoms with Crippen molar-refractivity contribution in [2.24, 2.45) is 10.7 Å². The van der Waals surface area contributed by atoms with E-state index in [0.717, 1.165) is 27.9 Å². The Kier molecular flexibility index (Phi) is 5.88. The molecule has 5 rings (SSSR count). The van der Waals surface area contributed by atoms with Gasteiger partial charge in [0.1, 0.15) is 29.6 Å². The van der Waals surface area contributed by atoms with Gasteiger partial charge in [0.15, 0.2) is 0 Å². The minimum absolute atomic E-state index is 0.241. The maximum atomic E-state index is 15.4. The Morgan fingerprint density at radius 2 is 1.94 bits per heavy atom. The largest absolute Gasteiger partial charge is 0.326 e. The van der Waals surface area contributed by atoms with Crippen LogP contribution in [-0.4, -0.2) is 28.6 Å². The molecule has 0 fully saturated rings. The van der Waals surface area contributed by atoms with Gasteiger partial charge in [-0.3, -0.25) is 14.4 Å². The predicted molar refractivity (Wildman–Crippen MR) is 131 cm³/mol. The Morgan fingerprint density at radius 3 is 2.74 bits per heavy atom. The number of carbonyl (C=O) groups is 1. The summed E-state index contributed by atoms with van der Waals surface area (Å²) in [6.07, 6.45) is 3.13. The topological polar surface area (TPSA) is 85.3 Å². The molecule has 3 N–H and O–H groups in total. The van der Waals surface area contributed by atoms with Crippen LogP contribution in [0, 0.1) is 5.82 Å². The van der Waals surface area contributed by atoms with Crippen LogP contribution in [0.25, 0.3) is 16.8 Å². The lowest BCUT2D eigenvalue weighted by Gasteiger charge is -2.19. The van der Waals surface area contributed by atoms with Gasteiger partial charge in [-0.25, -0.2) is 9.37 Å². The fourth-order valence-corrected chi connectivity index (χ4v) is 4.36. The van der Waals surface area contributed by atoms with Gasteiger partial charge in [-0.05, 0) is 47.5 Å². The molecular weight excluding hydrogens is 429 g/mol. The highest BCUT2D eigenvalue weighted by Crippen LogP contribution is 2.33. The minimum Gasteiger partial charge on any atom is -0.326 e. The van der Waals surface area contributed by atoms with Crippen molar-refractivity contribution < 1.29 is 9.18 Å². The molecule has 7 heteroatoms. The van der Waals surface area contributed by atoms with Crippen LogP contribution in [-0.2, 0) is 13.1 Å². The average molecular weight is 454 g/mol. The quantitative estimate of drug-likeness (QED) is 0.458. The molecule has 1 unspecified atom stereocenters. The van der Waals surface area contributed by atoms with Crippen LogP contribution in [0.4, 0.5) is 4.39 Å². The number of hydrogen-bond acceptors (Lipinski definition) is 5. The molecule has 0 radical (unpaired) electrons. The summed E-state index contributed by atoms with van der Waals surface area (Å²) >= 11 is 0. The number of nitrogens with one attached hydrogen (secondary N) is 1. The molecule has 170 valence electrons. The summed E-state index contributed by atoms with van der Waals surface area (Å²) in [6.45, 7) is 1.06. The van der Waals surface area contributed by atoms with Crippen molar-refractivity contribution in [1.29, 1.82) is 0 Å². The van der Waals surface area contributed by atoms with Crippen LogP contribution in [0.2, 0.25) is 0 Å². The van der Waals surface area contributed by atoms with Crippen molar-refractivity contribution in [1.82, 2.24) is 14.9 Å². The zero-order valence-electron chi connectivity index (χ0n) is 18.7. The van der Waals surface area contributed by atoms with Gasteiger partial charge < -0.3 is 11.1 Å². The molecule has 2 heterocycles. The number of nitrogens with two attached hydrogens (primary N) is 1. The number of nitrogens with zero attached hydrogens (tertiary/aromatic N) is 3. The van der Waals surface area contributed by atoms with Gasteiger partial charge in [0.05, 0.1) is 6.21 Å². The third-order valence-electron chi connectivity index (χ3n) is 6.04. The smallest absolute Gasteiger partial charge is 0.210 e. The van der Waals surface area contributed by atoms with Crippen molar-refractivity contribution in [3.63, 3.8) is 0 Å². The maximum absolute atomic E-state index is 15.4. The van der Waals surface area contributed by atoms with Gasteiger partial charge in [-0.2, -0.15) is 0 Å². The van der Waals surface area contributed by atoms with Crippen LogP contribution in [0.1, 0.15) is 38.9 Å². The Balaban J connectivity index is 1.51. The van der Waals surface area contributed by atoms with E-state index in [1.165, 1.54) is 6.07 Å². The van der Waals surface area contributed by atoms with Crippen LogP contribution < -0.4 is 11.1 Å². The molecule has 1 aliphatic heterocycles. The zero-order chi connectivity index (χ0) is 23.7. The van der Waals surface area contributed by atoms with E-state index < -0.39 is 11.9 Å². The molecule has 1 aliphatic rings. The first-order valence-electron chi connectivity index (χ1n) is 11.1. The summed E-state index contributed by atoms with van der Waals surface area (Å²) in [7, 11) is 1.87. The zero-order valence-corrected chi connectivity index (χ0v) is 18.7. The number of halogens is 1. The molecular formula is C27H24FN5O. The fourth-order valence-electron chi connectivity index (χ4n) is 4.36. The molecule has 3 aromatic carbocycles. The van der Waals surface area contributed by atoms with Crippen LogP contribution in [0.3, 0.4) is 0 Å². The van der Waals surface area contributed by atoms with Crippen molar-refractivity contribution in [2.45, 2.75) is 19.1 Å². The molecule has 6 nitrogen and oxygen atoms in total. The Bertz CT molecular complexity index is 1410. The van der Waals surface area contributed by atoms with Gasteiger partial charge in [0, 0.05) is 24.3 Å². The Labute approximate surface area is 197 Å². The number of ketones is 1. The molecule has 0 saturated heterocycles. The molecule has 1 atom stereocenters.